The highest BCUT2D eigenvalue weighted by atomic mass is 35.5. The van der Waals surface area contributed by atoms with Crippen molar-refractivity contribution in [1.29, 1.82) is 0 Å². The van der Waals surface area contributed by atoms with Crippen molar-refractivity contribution in [2.75, 3.05) is 0 Å². The number of nitrogens with zero attached hydrogens (tertiary/aromatic N) is 4. The summed E-state index contributed by atoms with van der Waals surface area (Å²) in [5.41, 5.74) is 2.76. The average molecular weight is 265 g/mol. The van der Waals surface area contributed by atoms with E-state index in [2.05, 4.69) is 35.8 Å². The number of hydrogen-bond acceptors (Lipinski definition) is 3. The number of halogens is 1. The molecule has 0 amide bonds. The molecule has 2 rings (SSSR count). The molecule has 0 aliphatic carbocycles. The van der Waals surface area contributed by atoms with Gasteiger partial charge in [-0.25, -0.2) is 9.97 Å². The van der Waals surface area contributed by atoms with E-state index in [4.69, 9.17) is 11.6 Å². The highest BCUT2D eigenvalue weighted by Crippen LogP contribution is 2.27. The summed E-state index contributed by atoms with van der Waals surface area (Å²) in [6.07, 6.45) is 1.78. The quantitative estimate of drug-likeness (QED) is 0.798. The number of aryl methyl sites for hydroxylation is 1. The van der Waals surface area contributed by atoms with Crippen LogP contribution in [0.4, 0.5) is 0 Å². The Labute approximate surface area is 112 Å². The molecule has 0 atom stereocenters. The van der Waals surface area contributed by atoms with Crippen LogP contribution in [0, 0.1) is 6.92 Å². The molecular formula is C13H17ClN4. The SMILES string of the molecule is CCn1nccc1-c1nc(C(C)C)nc(Cl)c1C. The zero-order valence-corrected chi connectivity index (χ0v) is 11.9. The van der Waals surface area contributed by atoms with E-state index < -0.39 is 0 Å². The molecule has 2 aromatic heterocycles. The smallest absolute Gasteiger partial charge is 0.136 e. The molecule has 0 aliphatic rings. The summed E-state index contributed by atoms with van der Waals surface area (Å²) >= 11 is 6.19. The van der Waals surface area contributed by atoms with Crippen molar-refractivity contribution in [1.82, 2.24) is 19.7 Å². The van der Waals surface area contributed by atoms with E-state index in [-0.39, 0.29) is 5.92 Å². The minimum Gasteiger partial charge on any atom is -0.264 e. The Bertz CT molecular complexity index is 560. The maximum Gasteiger partial charge on any atom is 0.136 e. The highest BCUT2D eigenvalue weighted by molar-refractivity contribution is 6.30. The number of hydrogen-bond donors (Lipinski definition) is 0. The molecular weight excluding hydrogens is 248 g/mol. The molecule has 18 heavy (non-hydrogen) atoms. The van der Waals surface area contributed by atoms with Crippen LogP contribution in [0.1, 0.15) is 38.1 Å². The van der Waals surface area contributed by atoms with E-state index in [9.17, 15) is 0 Å². The van der Waals surface area contributed by atoms with E-state index >= 15 is 0 Å². The Balaban J connectivity index is 2.63. The van der Waals surface area contributed by atoms with Crippen molar-refractivity contribution in [3.05, 3.63) is 28.8 Å². The summed E-state index contributed by atoms with van der Waals surface area (Å²) in [6.45, 7) is 8.91. The molecule has 4 nitrogen and oxygen atoms in total. The number of aromatic nitrogens is 4. The summed E-state index contributed by atoms with van der Waals surface area (Å²) in [7, 11) is 0. The average Bonchev–Trinajstić information content (AvgIpc) is 2.80. The molecule has 0 aliphatic heterocycles. The van der Waals surface area contributed by atoms with Crippen molar-refractivity contribution in [3.63, 3.8) is 0 Å². The molecule has 96 valence electrons. The Morgan fingerprint density at radius 1 is 1.33 bits per heavy atom. The van der Waals surface area contributed by atoms with Gasteiger partial charge in [-0.1, -0.05) is 25.4 Å². The van der Waals surface area contributed by atoms with Gasteiger partial charge < -0.3 is 0 Å². The fourth-order valence-electron chi connectivity index (χ4n) is 1.80. The van der Waals surface area contributed by atoms with Gasteiger partial charge in [0.2, 0.25) is 0 Å². The zero-order chi connectivity index (χ0) is 13.3. The van der Waals surface area contributed by atoms with E-state index in [1.807, 2.05) is 17.7 Å². The number of rotatable bonds is 3. The molecule has 0 spiro atoms. The third-order valence-corrected chi connectivity index (χ3v) is 3.25. The topological polar surface area (TPSA) is 43.6 Å². The van der Waals surface area contributed by atoms with Gasteiger partial charge in [0.15, 0.2) is 0 Å². The first kappa shape index (κ1) is 13.0. The van der Waals surface area contributed by atoms with Crippen molar-refractivity contribution < 1.29 is 0 Å². The van der Waals surface area contributed by atoms with Gasteiger partial charge in [0, 0.05) is 24.2 Å². The molecule has 0 aromatic carbocycles. The van der Waals surface area contributed by atoms with Crippen molar-refractivity contribution in [3.8, 4) is 11.4 Å². The van der Waals surface area contributed by atoms with Gasteiger partial charge in [0.25, 0.3) is 0 Å². The van der Waals surface area contributed by atoms with E-state index in [0.29, 0.717) is 5.15 Å². The second-order valence-corrected chi connectivity index (χ2v) is 4.89. The Morgan fingerprint density at radius 3 is 2.67 bits per heavy atom. The van der Waals surface area contributed by atoms with Gasteiger partial charge in [0.1, 0.15) is 11.0 Å². The third kappa shape index (κ3) is 2.25. The fourth-order valence-corrected chi connectivity index (χ4v) is 1.98. The first-order chi connectivity index (χ1) is 8.54. The van der Waals surface area contributed by atoms with Crippen LogP contribution in [-0.2, 0) is 6.54 Å². The Hall–Kier alpha value is -1.42. The molecule has 2 aromatic rings. The predicted molar refractivity (Wildman–Crippen MR) is 72.8 cm³/mol. The summed E-state index contributed by atoms with van der Waals surface area (Å²) in [6, 6.07) is 1.96. The molecule has 0 radical (unpaired) electrons. The van der Waals surface area contributed by atoms with E-state index in [1.54, 1.807) is 6.20 Å². The molecule has 0 bridgehead atoms. The van der Waals surface area contributed by atoms with Crippen molar-refractivity contribution in [2.24, 2.45) is 0 Å². The van der Waals surface area contributed by atoms with Gasteiger partial charge >= 0.3 is 0 Å². The molecule has 0 saturated heterocycles. The maximum absolute atomic E-state index is 6.19. The second-order valence-electron chi connectivity index (χ2n) is 4.53. The first-order valence-electron chi connectivity index (χ1n) is 6.10. The zero-order valence-electron chi connectivity index (χ0n) is 11.1. The van der Waals surface area contributed by atoms with Crippen LogP contribution in [0.2, 0.25) is 5.15 Å². The van der Waals surface area contributed by atoms with Crippen LogP contribution in [0.3, 0.4) is 0 Å². The van der Waals surface area contributed by atoms with Crippen LogP contribution >= 0.6 is 11.6 Å². The summed E-state index contributed by atoms with van der Waals surface area (Å²) in [5.74, 6) is 1.02. The van der Waals surface area contributed by atoms with E-state index in [1.165, 1.54) is 0 Å². The van der Waals surface area contributed by atoms with Gasteiger partial charge in [-0.3, -0.25) is 4.68 Å². The largest absolute Gasteiger partial charge is 0.264 e. The minimum atomic E-state index is 0.250. The summed E-state index contributed by atoms with van der Waals surface area (Å²) < 4.78 is 1.91. The van der Waals surface area contributed by atoms with Crippen LogP contribution in [0.5, 0.6) is 0 Å². The van der Waals surface area contributed by atoms with Gasteiger partial charge in [-0.15, -0.1) is 0 Å². The molecule has 0 saturated carbocycles. The minimum absolute atomic E-state index is 0.250. The lowest BCUT2D eigenvalue weighted by Crippen LogP contribution is -2.06. The lowest BCUT2D eigenvalue weighted by atomic mass is 10.1. The molecule has 2 heterocycles. The molecule has 0 unspecified atom stereocenters. The lowest BCUT2D eigenvalue weighted by Gasteiger charge is -2.12. The maximum atomic E-state index is 6.19. The van der Waals surface area contributed by atoms with Crippen LogP contribution < -0.4 is 0 Å². The standard InChI is InChI=1S/C13H17ClN4/c1-5-18-10(6-7-15-18)11-9(4)12(14)17-13(16-11)8(2)3/h6-8H,5H2,1-4H3. The third-order valence-electron chi connectivity index (χ3n) is 2.88. The molecule has 0 fully saturated rings. The Kier molecular flexibility index (Phi) is 3.66. The normalized spacial score (nSPS) is 11.2. The van der Waals surface area contributed by atoms with Crippen LogP contribution in [0.25, 0.3) is 11.4 Å². The fraction of sp³-hybridized carbons (Fsp3) is 0.462. The summed E-state index contributed by atoms with van der Waals surface area (Å²) in [4.78, 5) is 8.95. The molecule has 0 N–H and O–H groups in total. The van der Waals surface area contributed by atoms with Crippen LogP contribution in [-0.4, -0.2) is 19.7 Å². The summed E-state index contributed by atoms with van der Waals surface area (Å²) in [5, 5.41) is 4.79. The van der Waals surface area contributed by atoms with Crippen molar-refractivity contribution in [2.45, 2.75) is 40.2 Å². The van der Waals surface area contributed by atoms with Crippen LogP contribution in [0.15, 0.2) is 12.3 Å². The second kappa shape index (κ2) is 5.06. The molecule has 5 heteroatoms. The predicted octanol–water partition coefficient (Wildman–Crippen LogP) is 3.45. The van der Waals surface area contributed by atoms with Gasteiger partial charge in [0.05, 0.1) is 11.4 Å². The van der Waals surface area contributed by atoms with Gasteiger partial charge in [-0.2, -0.15) is 5.10 Å². The first-order valence-corrected chi connectivity index (χ1v) is 6.48. The lowest BCUT2D eigenvalue weighted by molar-refractivity contribution is 0.663. The highest BCUT2D eigenvalue weighted by Gasteiger charge is 2.15. The van der Waals surface area contributed by atoms with Gasteiger partial charge in [-0.05, 0) is 19.9 Å². The van der Waals surface area contributed by atoms with Crippen molar-refractivity contribution >= 4 is 11.6 Å². The Morgan fingerprint density at radius 2 is 2.06 bits per heavy atom. The van der Waals surface area contributed by atoms with E-state index in [0.717, 1.165) is 29.3 Å². The monoisotopic (exact) mass is 264 g/mol.